The Hall–Kier alpha value is -0.580. The van der Waals surface area contributed by atoms with Crippen molar-refractivity contribution in [2.24, 2.45) is 0 Å². The van der Waals surface area contributed by atoms with Crippen molar-refractivity contribution in [2.75, 3.05) is 13.3 Å². The molecule has 0 aromatic heterocycles. The number of nitrogens with zero attached hydrogens (tertiary/aromatic N) is 1. The molecule has 0 unspecified atom stereocenters. The van der Waals surface area contributed by atoms with E-state index in [1.165, 1.54) is 14.0 Å². The standard InChI is InChI=1S/C7H14NO3S/c1-5-7(9)8(3)6(2)12(4,10)11/h5H2,1-4H3. The van der Waals surface area contributed by atoms with Crippen molar-refractivity contribution < 1.29 is 13.2 Å². The summed E-state index contributed by atoms with van der Waals surface area (Å²) in [5, 5.41) is 0.0920. The second kappa shape index (κ2) is 3.89. The highest BCUT2D eigenvalue weighted by atomic mass is 32.2. The van der Waals surface area contributed by atoms with Gasteiger partial charge in [-0.2, -0.15) is 0 Å². The summed E-state index contributed by atoms with van der Waals surface area (Å²) in [4.78, 5) is 12.2. The molecule has 0 bridgehead atoms. The van der Waals surface area contributed by atoms with Gasteiger partial charge in [0.1, 0.15) is 0 Å². The molecule has 4 nitrogen and oxygen atoms in total. The molecule has 0 N–H and O–H groups in total. The average molecular weight is 192 g/mol. The van der Waals surface area contributed by atoms with Gasteiger partial charge >= 0.3 is 0 Å². The third-order valence-electron chi connectivity index (χ3n) is 1.69. The number of carbonyl (C=O) groups is 1. The molecule has 0 aromatic carbocycles. The van der Waals surface area contributed by atoms with Crippen molar-refractivity contribution in [3.8, 4) is 0 Å². The van der Waals surface area contributed by atoms with E-state index < -0.39 is 9.84 Å². The minimum atomic E-state index is -3.24. The molecule has 5 heteroatoms. The van der Waals surface area contributed by atoms with Crippen LogP contribution >= 0.6 is 0 Å². The molecule has 0 heterocycles. The Bertz CT molecular complexity index is 258. The summed E-state index contributed by atoms with van der Waals surface area (Å²) >= 11 is 0. The number of rotatable bonds is 3. The van der Waals surface area contributed by atoms with E-state index in [0.29, 0.717) is 6.42 Å². The maximum absolute atomic E-state index is 11.0. The van der Waals surface area contributed by atoms with Crippen LogP contribution in [-0.4, -0.2) is 32.5 Å². The molecular formula is C7H14NO3S. The van der Waals surface area contributed by atoms with E-state index in [1.54, 1.807) is 6.92 Å². The predicted octanol–water partition coefficient (Wildman–Crippen LogP) is 0.409. The molecule has 0 aromatic rings. The van der Waals surface area contributed by atoms with E-state index in [0.717, 1.165) is 11.2 Å². The number of carbonyl (C=O) groups excluding carboxylic acids is 1. The quantitative estimate of drug-likeness (QED) is 0.650. The molecule has 0 atom stereocenters. The van der Waals surface area contributed by atoms with E-state index in [2.05, 4.69) is 0 Å². The van der Waals surface area contributed by atoms with Gasteiger partial charge in [-0.25, -0.2) is 8.42 Å². The summed E-state index contributed by atoms with van der Waals surface area (Å²) in [6.45, 7) is 3.11. The summed E-state index contributed by atoms with van der Waals surface area (Å²) in [7, 11) is -1.77. The first kappa shape index (κ1) is 11.4. The summed E-state index contributed by atoms with van der Waals surface area (Å²) in [6, 6.07) is 0. The lowest BCUT2D eigenvalue weighted by molar-refractivity contribution is -0.128. The van der Waals surface area contributed by atoms with E-state index in [-0.39, 0.29) is 11.3 Å². The maximum atomic E-state index is 11.0. The zero-order chi connectivity index (χ0) is 9.94. The van der Waals surface area contributed by atoms with Crippen LogP contribution in [0.5, 0.6) is 0 Å². The molecule has 0 saturated carbocycles. The SMILES string of the molecule is CCC(=O)N(C)[C](C)S(C)(=O)=O. The second-order valence-electron chi connectivity index (χ2n) is 2.60. The van der Waals surface area contributed by atoms with E-state index in [9.17, 15) is 13.2 Å². The van der Waals surface area contributed by atoms with Gasteiger partial charge in [0.2, 0.25) is 5.91 Å². The zero-order valence-electron chi connectivity index (χ0n) is 7.79. The van der Waals surface area contributed by atoms with Gasteiger partial charge in [-0.3, -0.25) is 4.79 Å². The van der Waals surface area contributed by atoms with Gasteiger partial charge in [0.25, 0.3) is 0 Å². The molecule has 0 aliphatic rings. The number of hydrogen-bond acceptors (Lipinski definition) is 3. The van der Waals surface area contributed by atoms with Gasteiger partial charge in [-0.15, -0.1) is 0 Å². The highest BCUT2D eigenvalue weighted by Crippen LogP contribution is 2.12. The molecule has 1 amide bonds. The highest BCUT2D eigenvalue weighted by Gasteiger charge is 2.24. The number of amides is 1. The normalized spacial score (nSPS) is 11.8. The number of sulfone groups is 1. The third-order valence-corrected chi connectivity index (χ3v) is 3.03. The molecule has 0 fully saturated rings. The molecule has 0 saturated heterocycles. The van der Waals surface area contributed by atoms with Crippen LogP contribution in [0.15, 0.2) is 0 Å². The van der Waals surface area contributed by atoms with Crippen molar-refractivity contribution >= 4 is 15.7 Å². The average Bonchev–Trinajstić information content (AvgIpc) is 1.98. The monoisotopic (exact) mass is 192 g/mol. The van der Waals surface area contributed by atoms with Crippen LogP contribution in [-0.2, 0) is 14.6 Å². The fourth-order valence-corrected chi connectivity index (χ4v) is 1.26. The lowest BCUT2D eigenvalue weighted by atomic mass is 10.4. The molecule has 0 spiro atoms. The molecule has 0 rings (SSSR count). The van der Waals surface area contributed by atoms with Crippen LogP contribution in [0.4, 0.5) is 0 Å². The van der Waals surface area contributed by atoms with Crippen LogP contribution in [0.1, 0.15) is 20.3 Å². The Morgan fingerprint density at radius 1 is 1.42 bits per heavy atom. The second-order valence-corrected chi connectivity index (χ2v) is 4.73. The molecule has 71 valence electrons. The highest BCUT2D eigenvalue weighted by molar-refractivity contribution is 7.93. The van der Waals surface area contributed by atoms with Crippen molar-refractivity contribution in [2.45, 2.75) is 20.3 Å². The largest absolute Gasteiger partial charge is 0.324 e. The van der Waals surface area contributed by atoms with Crippen molar-refractivity contribution in [3.05, 3.63) is 5.37 Å². The van der Waals surface area contributed by atoms with Gasteiger partial charge < -0.3 is 4.90 Å². The lowest BCUT2D eigenvalue weighted by Crippen LogP contribution is -2.33. The fraction of sp³-hybridized carbons (Fsp3) is 0.714. The first-order valence-corrected chi connectivity index (χ1v) is 5.50. The molecule has 1 radical (unpaired) electrons. The summed E-state index contributed by atoms with van der Waals surface area (Å²) < 4.78 is 21.9. The minimum Gasteiger partial charge on any atom is -0.324 e. The third kappa shape index (κ3) is 2.81. The topological polar surface area (TPSA) is 54.5 Å². The van der Waals surface area contributed by atoms with Crippen molar-refractivity contribution in [1.29, 1.82) is 0 Å². The van der Waals surface area contributed by atoms with Crippen LogP contribution in [0.25, 0.3) is 0 Å². The predicted molar refractivity (Wildman–Crippen MR) is 46.8 cm³/mol. The van der Waals surface area contributed by atoms with Crippen LogP contribution in [0, 0.1) is 5.37 Å². The van der Waals surface area contributed by atoms with E-state index in [4.69, 9.17) is 0 Å². The molecule has 0 aliphatic heterocycles. The Labute approximate surface area is 73.5 Å². The van der Waals surface area contributed by atoms with E-state index >= 15 is 0 Å². The maximum Gasteiger partial charge on any atom is 0.223 e. The Morgan fingerprint density at radius 3 is 2.08 bits per heavy atom. The van der Waals surface area contributed by atoms with Gasteiger partial charge in [-0.05, 0) is 6.92 Å². The Morgan fingerprint density at radius 2 is 1.83 bits per heavy atom. The summed E-state index contributed by atoms with van der Waals surface area (Å²) in [6.07, 6.45) is 1.39. The van der Waals surface area contributed by atoms with Crippen LogP contribution in [0.2, 0.25) is 0 Å². The summed E-state index contributed by atoms with van der Waals surface area (Å²) in [5.41, 5.74) is 0. The molecular weight excluding hydrogens is 178 g/mol. The van der Waals surface area contributed by atoms with Crippen LogP contribution < -0.4 is 0 Å². The zero-order valence-corrected chi connectivity index (χ0v) is 8.60. The first-order chi connectivity index (χ1) is 5.30. The van der Waals surface area contributed by atoms with Crippen molar-refractivity contribution in [3.63, 3.8) is 0 Å². The first-order valence-electron chi connectivity index (χ1n) is 3.60. The van der Waals surface area contributed by atoms with Gasteiger partial charge in [0.15, 0.2) is 15.2 Å². The Balaban J connectivity index is 4.51. The lowest BCUT2D eigenvalue weighted by Gasteiger charge is -2.21. The fourth-order valence-electron chi connectivity index (χ4n) is 0.662. The Kier molecular flexibility index (Phi) is 3.70. The van der Waals surface area contributed by atoms with Crippen LogP contribution in [0.3, 0.4) is 0 Å². The van der Waals surface area contributed by atoms with Gasteiger partial charge in [-0.1, -0.05) is 6.92 Å². The molecule has 12 heavy (non-hydrogen) atoms. The smallest absolute Gasteiger partial charge is 0.223 e. The van der Waals surface area contributed by atoms with E-state index in [1.807, 2.05) is 0 Å². The summed E-state index contributed by atoms with van der Waals surface area (Å²) in [5.74, 6) is -0.196. The number of hydrogen-bond donors (Lipinski definition) is 0. The van der Waals surface area contributed by atoms with Crippen molar-refractivity contribution in [1.82, 2.24) is 4.90 Å². The minimum absolute atomic E-state index is 0.0920. The molecule has 0 aliphatic carbocycles. The van der Waals surface area contributed by atoms with Gasteiger partial charge in [0, 0.05) is 19.7 Å². The van der Waals surface area contributed by atoms with Gasteiger partial charge in [0.05, 0.1) is 0 Å².